The first-order valence-corrected chi connectivity index (χ1v) is 7.22. The van der Waals surface area contributed by atoms with E-state index < -0.39 is 0 Å². The summed E-state index contributed by atoms with van der Waals surface area (Å²) >= 11 is 0. The number of benzene rings is 1. The van der Waals surface area contributed by atoms with Gasteiger partial charge < -0.3 is 4.42 Å². The lowest BCUT2D eigenvalue weighted by Crippen LogP contribution is -1.98. The van der Waals surface area contributed by atoms with Gasteiger partial charge in [-0.15, -0.1) is 10.2 Å². The fraction of sp³-hybridized carbons (Fsp3) is 0.500. The molecular weight excluding hydrogens is 236 g/mol. The summed E-state index contributed by atoms with van der Waals surface area (Å²) in [6, 6.07) is 9.99. The van der Waals surface area contributed by atoms with Crippen molar-refractivity contribution in [2.75, 3.05) is 0 Å². The second-order valence-corrected chi connectivity index (χ2v) is 5.62. The SMILES string of the molecule is CC1CCCC(c2nnc(-c3ccccc3)o2)CC1. The van der Waals surface area contributed by atoms with E-state index in [2.05, 4.69) is 17.1 Å². The van der Waals surface area contributed by atoms with Crippen LogP contribution in [0.2, 0.25) is 0 Å². The molecule has 0 N–H and O–H groups in total. The van der Waals surface area contributed by atoms with Crippen LogP contribution >= 0.6 is 0 Å². The van der Waals surface area contributed by atoms with Crippen LogP contribution in [0, 0.1) is 5.92 Å². The van der Waals surface area contributed by atoms with Crippen molar-refractivity contribution < 1.29 is 4.42 Å². The molecule has 1 fully saturated rings. The van der Waals surface area contributed by atoms with Gasteiger partial charge in [0.2, 0.25) is 11.8 Å². The van der Waals surface area contributed by atoms with Crippen molar-refractivity contribution in [1.29, 1.82) is 0 Å². The summed E-state index contributed by atoms with van der Waals surface area (Å²) in [6.07, 6.45) is 6.23. The fourth-order valence-electron chi connectivity index (χ4n) is 2.83. The first kappa shape index (κ1) is 12.4. The van der Waals surface area contributed by atoms with E-state index in [1.807, 2.05) is 30.3 Å². The van der Waals surface area contributed by atoms with E-state index in [1.54, 1.807) is 0 Å². The largest absolute Gasteiger partial charge is 0.420 e. The third-order valence-electron chi connectivity index (χ3n) is 4.07. The second-order valence-electron chi connectivity index (χ2n) is 5.62. The highest BCUT2D eigenvalue weighted by molar-refractivity contribution is 5.51. The summed E-state index contributed by atoms with van der Waals surface area (Å²) in [5.41, 5.74) is 1.00. The Labute approximate surface area is 114 Å². The van der Waals surface area contributed by atoms with Gasteiger partial charge in [-0.2, -0.15) is 0 Å². The van der Waals surface area contributed by atoms with Crippen LogP contribution in [-0.4, -0.2) is 10.2 Å². The molecule has 0 radical (unpaired) electrons. The van der Waals surface area contributed by atoms with Crippen molar-refractivity contribution >= 4 is 0 Å². The molecule has 2 unspecified atom stereocenters. The quantitative estimate of drug-likeness (QED) is 0.746. The van der Waals surface area contributed by atoms with Crippen molar-refractivity contribution in [3.05, 3.63) is 36.2 Å². The molecule has 100 valence electrons. The van der Waals surface area contributed by atoms with Gasteiger partial charge in [0.05, 0.1) is 0 Å². The maximum absolute atomic E-state index is 5.88. The van der Waals surface area contributed by atoms with Gasteiger partial charge in [0.15, 0.2) is 0 Å². The zero-order valence-corrected chi connectivity index (χ0v) is 11.4. The minimum atomic E-state index is 0.454. The van der Waals surface area contributed by atoms with E-state index in [4.69, 9.17) is 4.42 Å². The predicted octanol–water partition coefficient (Wildman–Crippen LogP) is 4.42. The Hall–Kier alpha value is -1.64. The molecule has 1 aromatic heterocycles. The van der Waals surface area contributed by atoms with Crippen molar-refractivity contribution in [2.24, 2.45) is 5.92 Å². The van der Waals surface area contributed by atoms with Crippen LogP contribution in [-0.2, 0) is 0 Å². The van der Waals surface area contributed by atoms with Crippen LogP contribution in [0.4, 0.5) is 0 Å². The van der Waals surface area contributed by atoms with Gasteiger partial charge in [0.1, 0.15) is 0 Å². The zero-order valence-electron chi connectivity index (χ0n) is 11.4. The van der Waals surface area contributed by atoms with Crippen molar-refractivity contribution in [3.8, 4) is 11.5 Å². The molecule has 0 bridgehead atoms. The Bertz CT molecular complexity index is 521. The zero-order chi connectivity index (χ0) is 13.1. The van der Waals surface area contributed by atoms with E-state index in [-0.39, 0.29) is 0 Å². The Balaban J connectivity index is 1.77. The lowest BCUT2D eigenvalue weighted by molar-refractivity contribution is 0.421. The Morgan fingerprint density at radius 2 is 1.84 bits per heavy atom. The van der Waals surface area contributed by atoms with Crippen molar-refractivity contribution in [1.82, 2.24) is 10.2 Å². The van der Waals surface area contributed by atoms with E-state index in [1.165, 1.54) is 32.1 Å². The third-order valence-corrected chi connectivity index (χ3v) is 4.07. The summed E-state index contributed by atoms with van der Waals surface area (Å²) in [5, 5.41) is 8.46. The molecule has 19 heavy (non-hydrogen) atoms. The average Bonchev–Trinajstić information content (AvgIpc) is 2.84. The summed E-state index contributed by atoms with van der Waals surface area (Å²) in [6.45, 7) is 2.34. The fourth-order valence-corrected chi connectivity index (χ4v) is 2.83. The molecule has 3 rings (SSSR count). The monoisotopic (exact) mass is 256 g/mol. The molecule has 3 nitrogen and oxygen atoms in total. The lowest BCUT2D eigenvalue weighted by atomic mass is 9.99. The van der Waals surface area contributed by atoms with E-state index in [0.717, 1.165) is 17.4 Å². The van der Waals surface area contributed by atoms with Gasteiger partial charge in [-0.3, -0.25) is 0 Å². The topological polar surface area (TPSA) is 38.9 Å². The van der Waals surface area contributed by atoms with E-state index in [9.17, 15) is 0 Å². The summed E-state index contributed by atoms with van der Waals surface area (Å²) < 4.78 is 5.88. The molecule has 3 heteroatoms. The highest BCUT2D eigenvalue weighted by atomic mass is 16.4. The summed E-state index contributed by atoms with van der Waals surface area (Å²) in [5.74, 6) is 2.76. The van der Waals surface area contributed by atoms with Crippen molar-refractivity contribution in [2.45, 2.75) is 44.9 Å². The first-order chi connectivity index (χ1) is 9.33. The van der Waals surface area contributed by atoms with Gasteiger partial charge in [0, 0.05) is 11.5 Å². The maximum Gasteiger partial charge on any atom is 0.247 e. The molecule has 0 aliphatic heterocycles. The molecule has 2 atom stereocenters. The molecule has 1 aliphatic carbocycles. The summed E-state index contributed by atoms with van der Waals surface area (Å²) in [7, 11) is 0. The molecule has 1 aliphatic rings. The molecule has 2 aromatic rings. The van der Waals surface area contributed by atoms with Gasteiger partial charge in [-0.1, -0.05) is 38.0 Å². The van der Waals surface area contributed by atoms with Gasteiger partial charge in [-0.25, -0.2) is 0 Å². The van der Waals surface area contributed by atoms with Crippen LogP contribution in [0.1, 0.15) is 50.8 Å². The highest BCUT2D eigenvalue weighted by Gasteiger charge is 2.22. The summed E-state index contributed by atoms with van der Waals surface area (Å²) in [4.78, 5) is 0. The van der Waals surface area contributed by atoms with Gasteiger partial charge in [0.25, 0.3) is 0 Å². The van der Waals surface area contributed by atoms with Crippen LogP contribution in [0.3, 0.4) is 0 Å². The average molecular weight is 256 g/mol. The number of rotatable bonds is 2. The van der Waals surface area contributed by atoms with Crippen LogP contribution in [0.15, 0.2) is 34.7 Å². The highest BCUT2D eigenvalue weighted by Crippen LogP contribution is 2.34. The van der Waals surface area contributed by atoms with Gasteiger partial charge >= 0.3 is 0 Å². The predicted molar refractivity (Wildman–Crippen MR) is 74.7 cm³/mol. The molecule has 1 aromatic carbocycles. The number of nitrogens with zero attached hydrogens (tertiary/aromatic N) is 2. The normalized spacial score (nSPS) is 24.1. The van der Waals surface area contributed by atoms with Crippen LogP contribution < -0.4 is 0 Å². The second kappa shape index (κ2) is 5.55. The lowest BCUT2D eigenvalue weighted by Gasteiger charge is -2.08. The third kappa shape index (κ3) is 2.86. The van der Waals surface area contributed by atoms with Crippen LogP contribution in [0.25, 0.3) is 11.5 Å². The maximum atomic E-state index is 5.88. The number of hydrogen-bond acceptors (Lipinski definition) is 3. The van der Waals surface area contributed by atoms with E-state index >= 15 is 0 Å². The molecule has 0 saturated heterocycles. The van der Waals surface area contributed by atoms with Crippen molar-refractivity contribution in [3.63, 3.8) is 0 Å². The molecule has 1 heterocycles. The van der Waals surface area contributed by atoms with Crippen LogP contribution in [0.5, 0.6) is 0 Å². The van der Waals surface area contributed by atoms with E-state index in [0.29, 0.717) is 11.8 Å². The smallest absolute Gasteiger partial charge is 0.247 e. The minimum Gasteiger partial charge on any atom is -0.420 e. The Morgan fingerprint density at radius 1 is 1.00 bits per heavy atom. The Kier molecular flexibility index (Phi) is 3.62. The minimum absolute atomic E-state index is 0.454. The standard InChI is InChI=1S/C16H20N2O/c1-12-6-5-9-14(11-10-12)16-18-17-15(19-16)13-7-3-2-4-8-13/h2-4,7-8,12,14H,5-6,9-11H2,1H3. The first-order valence-electron chi connectivity index (χ1n) is 7.22. The number of aromatic nitrogens is 2. The number of hydrogen-bond donors (Lipinski definition) is 0. The molecular formula is C16H20N2O. The molecule has 1 saturated carbocycles. The molecule has 0 spiro atoms. The molecule has 0 amide bonds. The van der Waals surface area contributed by atoms with Gasteiger partial charge in [-0.05, 0) is 37.3 Å². The Morgan fingerprint density at radius 3 is 2.68 bits per heavy atom.